The second-order valence-corrected chi connectivity index (χ2v) is 3.95. The minimum absolute atomic E-state index is 0.524. The SMILES string of the molecule is COC(=O)C(C)[C@@H](C[N+](=O)[O-])c1c(F)cncc1F. The molecule has 0 aromatic carbocycles. The molecule has 0 saturated carbocycles. The van der Waals surface area contributed by atoms with Crippen LogP contribution in [0.4, 0.5) is 8.78 Å². The largest absolute Gasteiger partial charge is 0.469 e. The molecule has 2 atom stereocenters. The first-order valence-corrected chi connectivity index (χ1v) is 5.37. The van der Waals surface area contributed by atoms with Crippen molar-refractivity contribution in [3.63, 3.8) is 0 Å². The van der Waals surface area contributed by atoms with Crippen molar-refractivity contribution in [3.8, 4) is 0 Å². The number of rotatable bonds is 5. The van der Waals surface area contributed by atoms with E-state index >= 15 is 0 Å². The molecule has 0 fully saturated rings. The zero-order chi connectivity index (χ0) is 14.6. The molecule has 1 heterocycles. The van der Waals surface area contributed by atoms with Crippen LogP contribution in [0.1, 0.15) is 18.4 Å². The molecule has 104 valence electrons. The van der Waals surface area contributed by atoms with Crippen molar-refractivity contribution in [2.45, 2.75) is 12.8 Å². The predicted octanol–water partition coefficient (Wildman–Crippen LogP) is 1.53. The number of aromatic nitrogens is 1. The molecule has 1 aromatic heterocycles. The summed E-state index contributed by atoms with van der Waals surface area (Å²) in [5, 5.41) is 10.6. The lowest BCUT2D eigenvalue weighted by Crippen LogP contribution is -2.28. The maximum atomic E-state index is 13.6. The molecule has 0 spiro atoms. The van der Waals surface area contributed by atoms with Crippen molar-refractivity contribution < 1.29 is 23.2 Å². The monoisotopic (exact) mass is 274 g/mol. The summed E-state index contributed by atoms with van der Waals surface area (Å²) in [4.78, 5) is 24.6. The molecule has 8 heteroatoms. The average Bonchev–Trinajstić information content (AvgIpc) is 2.35. The molecule has 0 radical (unpaired) electrons. The van der Waals surface area contributed by atoms with E-state index < -0.39 is 46.5 Å². The van der Waals surface area contributed by atoms with Gasteiger partial charge in [-0.3, -0.25) is 19.9 Å². The van der Waals surface area contributed by atoms with Gasteiger partial charge in [0.25, 0.3) is 0 Å². The van der Waals surface area contributed by atoms with Gasteiger partial charge in [-0.2, -0.15) is 0 Å². The van der Waals surface area contributed by atoms with Gasteiger partial charge in [-0.05, 0) is 0 Å². The molecule has 0 N–H and O–H groups in total. The normalized spacial score (nSPS) is 13.7. The van der Waals surface area contributed by atoms with Gasteiger partial charge < -0.3 is 4.74 Å². The number of nitrogens with zero attached hydrogens (tertiary/aromatic N) is 2. The van der Waals surface area contributed by atoms with Crippen molar-refractivity contribution in [3.05, 3.63) is 39.7 Å². The topological polar surface area (TPSA) is 82.3 Å². The molecular weight excluding hydrogens is 262 g/mol. The number of ether oxygens (including phenoxy) is 1. The Hall–Kier alpha value is -2.12. The van der Waals surface area contributed by atoms with Gasteiger partial charge in [-0.15, -0.1) is 0 Å². The first-order valence-electron chi connectivity index (χ1n) is 5.37. The Morgan fingerprint density at radius 1 is 1.47 bits per heavy atom. The van der Waals surface area contributed by atoms with Crippen molar-refractivity contribution in [1.29, 1.82) is 0 Å². The van der Waals surface area contributed by atoms with E-state index in [4.69, 9.17) is 0 Å². The zero-order valence-corrected chi connectivity index (χ0v) is 10.3. The van der Waals surface area contributed by atoms with Crippen molar-refractivity contribution in [1.82, 2.24) is 4.98 Å². The lowest BCUT2D eigenvalue weighted by molar-refractivity contribution is -0.484. The summed E-state index contributed by atoms with van der Waals surface area (Å²) in [5.41, 5.74) is -0.524. The molecule has 6 nitrogen and oxygen atoms in total. The summed E-state index contributed by atoms with van der Waals surface area (Å²) in [5.74, 6) is -5.14. The number of methoxy groups -OCH3 is 1. The van der Waals surface area contributed by atoms with Crippen molar-refractivity contribution in [2.75, 3.05) is 13.7 Å². The summed E-state index contributed by atoms with van der Waals surface area (Å²) >= 11 is 0. The quantitative estimate of drug-likeness (QED) is 0.462. The second kappa shape index (κ2) is 6.17. The van der Waals surface area contributed by atoms with Gasteiger partial charge in [-0.1, -0.05) is 6.92 Å². The molecule has 0 saturated heterocycles. The standard InChI is InChI=1S/C11H12F2N2O4/c1-6(11(16)19-2)7(5-15(17)18)10-8(12)3-14-4-9(10)13/h3-4,6-7H,5H2,1-2H3/t6?,7-/m1/s1. The van der Waals surface area contributed by atoms with Crippen LogP contribution in [0.2, 0.25) is 0 Å². The number of esters is 1. The molecule has 0 amide bonds. The number of hydrogen-bond acceptors (Lipinski definition) is 5. The van der Waals surface area contributed by atoms with Gasteiger partial charge in [0, 0.05) is 10.5 Å². The van der Waals surface area contributed by atoms with E-state index in [1.165, 1.54) is 6.92 Å². The number of pyridine rings is 1. The fraction of sp³-hybridized carbons (Fsp3) is 0.455. The third-order valence-electron chi connectivity index (χ3n) is 2.78. The maximum absolute atomic E-state index is 13.6. The van der Waals surface area contributed by atoms with Crippen LogP contribution in [0, 0.1) is 27.7 Å². The van der Waals surface area contributed by atoms with Crippen LogP contribution in [0.5, 0.6) is 0 Å². The third kappa shape index (κ3) is 3.43. The van der Waals surface area contributed by atoms with E-state index in [2.05, 4.69) is 9.72 Å². The van der Waals surface area contributed by atoms with Crippen LogP contribution >= 0.6 is 0 Å². The third-order valence-corrected chi connectivity index (χ3v) is 2.78. The van der Waals surface area contributed by atoms with Gasteiger partial charge in [0.1, 0.15) is 11.6 Å². The van der Waals surface area contributed by atoms with Crippen LogP contribution in [0.15, 0.2) is 12.4 Å². The van der Waals surface area contributed by atoms with Crippen LogP contribution in [-0.4, -0.2) is 29.5 Å². The average molecular weight is 274 g/mol. The van der Waals surface area contributed by atoms with E-state index in [1.54, 1.807) is 0 Å². The van der Waals surface area contributed by atoms with E-state index in [0.717, 1.165) is 19.5 Å². The number of halogens is 2. The molecule has 1 rings (SSSR count). The van der Waals surface area contributed by atoms with E-state index in [1.807, 2.05) is 0 Å². The smallest absolute Gasteiger partial charge is 0.309 e. The Kier molecular flexibility index (Phi) is 4.85. The molecule has 0 aliphatic carbocycles. The predicted molar refractivity (Wildman–Crippen MR) is 59.9 cm³/mol. The van der Waals surface area contributed by atoms with Crippen LogP contribution < -0.4 is 0 Å². The Balaban J connectivity index is 3.23. The highest BCUT2D eigenvalue weighted by Gasteiger charge is 2.34. The Bertz CT molecular complexity index is 475. The molecule has 1 aromatic rings. The number of carbonyl (C=O) groups excluding carboxylic acids is 1. The number of hydrogen-bond donors (Lipinski definition) is 0. The fourth-order valence-corrected chi connectivity index (χ4v) is 1.79. The maximum Gasteiger partial charge on any atom is 0.309 e. The highest BCUT2D eigenvalue weighted by atomic mass is 19.1. The molecule has 0 bridgehead atoms. The lowest BCUT2D eigenvalue weighted by atomic mass is 9.87. The molecular formula is C11H12F2N2O4. The molecule has 19 heavy (non-hydrogen) atoms. The molecule has 1 unspecified atom stereocenters. The Labute approximate surface area is 107 Å². The number of carbonyl (C=O) groups is 1. The molecule has 0 aliphatic rings. The zero-order valence-electron chi connectivity index (χ0n) is 10.3. The van der Waals surface area contributed by atoms with Gasteiger partial charge in [0.05, 0.1) is 31.3 Å². The molecule has 0 aliphatic heterocycles. The fourth-order valence-electron chi connectivity index (χ4n) is 1.79. The Morgan fingerprint density at radius 2 is 2.00 bits per heavy atom. The van der Waals surface area contributed by atoms with Gasteiger partial charge >= 0.3 is 5.97 Å². The Morgan fingerprint density at radius 3 is 2.42 bits per heavy atom. The minimum Gasteiger partial charge on any atom is -0.469 e. The summed E-state index contributed by atoms with van der Waals surface area (Å²) < 4.78 is 31.7. The summed E-state index contributed by atoms with van der Waals surface area (Å²) in [6.07, 6.45) is 1.49. The van der Waals surface area contributed by atoms with E-state index in [0.29, 0.717) is 0 Å². The highest BCUT2D eigenvalue weighted by Crippen LogP contribution is 2.29. The van der Waals surface area contributed by atoms with Crippen molar-refractivity contribution >= 4 is 5.97 Å². The lowest BCUT2D eigenvalue weighted by Gasteiger charge is -2.19. The second-order valence-electron chi connectivity index (χ2n) is 3.95. The summed E-state index contributed by atoms with van der Waals surface area (Å²) in [6, 6.07) is 0. The van der Waals surface area contributed by atoms with Gasteiger partial charge in [-0.25, -0.2) is 8.78 Å². The van der Waals surface area contributed by atoms with Gasteiger partial charge in [0.15, 0.2) is 0 Å². The van der Waals surface area contributed by atoms with Crippen LogP contribution in [0.3, 0.4) is 0 Å². The van der Waals surface area contributed by atoms with E-state index in [9.17, 15) is 23.7 Å². The van der Waals surface area contributed by atoms with Gasteiger partial charge in [0.2, 0.25) is 6.54 Å². The highest BCUT2D eigenvalue weighted by molar-refractivity contribution is 5.73. The van der Waals surface area contributed by atoms with Crippen LogP contribution in [0.25, 0.3) is 0 Å². The first kappa shape index (κ1) is 14.9. The van der Waals surface area contributed by atoms with E-state index in [-0.39, 0.29) is 0 Å². The van der Waals surface area contributed by atoms with Crippen LogP contribution in [-0.2, 0) is 9.53 Å². The first-order chi connectivity index (χ1) is 8.88. The summed E-state index contributed by atoms with van der Waals surface area (Å²) in [7, 11) is 1.10. The number of nitro groups is 1. The van der Waals surface area contributed by atoms with Crippen molar-refractivity contribution in [2.24, 2.45) is 5.92 Å². The minimum atomic E-state index is -1.26. The summed E-state index contributed by atoms with van der Waals surface area (Å²) in [6.45, 7) is 0.535.